The van der Waals surface area contributed by atoms with Gasteiger partial charge in [0, 0.05) is 16.1 Å². The second-order valence-electron chi connectivity index (χ2n) is 4.95. The number of carbonyl (C=O) groups is 1. The van der Waals surface area contributed by atoms with Crippen LogP contribution in [0.4, 0.5) is 4.79 Å². The smallest absolute Gasteiger partial charge is 0.346 e. The van der Waals surface area contributed by atoms with Crippen LogP contribution in [-0.2, 0) is 0 Å². The summed E-state index contributed by atoms with van der Waals surface area (Å²) in [7, 11) is 3.13. The topological polar surface area (TPSA) is 77.2 Å². The van der Waals surface area contributed by atoms with E-state index in [1.165, 1.54) is 0 Å². The summed E-state index contributed by atoms with van der Waals surface area (Å²) in [6.07, 6.45) is 0. The van der Waals surface area contributed by atoms with Gasteiger partial charge in [-0.15, -0.1) is 0 Å². The molecular formula is C14H18BrN3O3. The zero-order chi connectivity index (χ0) is 15.7. The number of urea groups is 1. The minimum atomic E-state index is -0.410. The first-order chi connectivity index (χ1) is 9.90. The van der Waals surface area contributed by atoms with E-state index in [0.29, 0.717) is 11.5 Å². The second kappa shape index (κ2) is 5.93. The van der Waals surface area contributed by atoms with Crippen molar-refractivity contribution in [3.05, 3.63) is 22.2 Å². The predicted octanol–water partition coefficient (Wildman–Crippen LogP) is 2.71. The maximum absolute atomic E-state index is 12.0. The van der Waals surface area contributed by atoms with Crippen LogP contribution in [0.2, 0.25) is 0 Å². The van der Waals surface area contributed by atoms with E-state index in [0.717, 1.165) is 10.0 Å². The van der Waals surface area contributed by atoms with Crippen molar-refractivity contribution in [1.82, 2.24) is 4.90 Å². The first-order valence-electron chi connectivity index (χ1n) is 6.48. The lowest BCUT2D eigenvalue weighted by molar-refractivity contribution is 0.190. The molecule has 1 heterocycles. The Kier molecular flexibility index (Phi) is 4.41. The number of nitrogens with two attached hydrogens (primary N) is 1. The molecule has 1 aliphatic rings. The highest BCUT2D eigenvalue weighted by atomic mass is 79.9. The van der Waals surface area contributed by atoms with Gasteiger partial charge in [-0.1, -0.05) is 15.9 Å². The third-order valence-corrected chi connectivity index (χ3v) is 4.04. The van der Waals surface area contributed by atoms with Gasteiger partial charge < -0.3 is 20.1 Å². The summed E-state index contributed by atoms with van der Waals surface area (Å²) < 4.78 is 11.4. The van der Waals surface area contributed by atoms with Gasteiger partial charge in [-0.2, -0.15) is 4.99 Å². The van der Waals surface area contributed by atoms with E-state index >= 15 is 0 Å². The van der Waals surface area contributed by atoms with Gasteiger partial charge in [-0.05, 0) is 26.0 Å². The Bertz CT molecular complexity index is 601. The third-order valence-electron chi connectivity index (χ3n) is 3.36. The largest absolute Gasteiger partial charge is 0.493 e. The Morgan fingerprint density at radius 1 is 1.29 bits per heavy atom. The average Bonchev–Trinajstić information content (AvgIpc) is 2.73. The lowest BCUT2D eigenvalue weighted by atomic mass is 10.0. The summed E-state index contributed by atoms with van der Waals surface area (Å²) >= 11 is 3.50. The molecule has 21 heavy (non-hydrogen) atoms. The van der Waals surface area contributed by atoms with Gasteiger partial charge in [0.25, 0.3) is 0 Å². The van der Waals surface area contributed by atoms with E-state index in [4.69, 9.17) is 15.2 Å². The summed E-state index contributed by atoms with van der Waals surface area (Å²) in [6.45, 7) is 3.85. The fourth-order valence-electron chi connectivity index (χ4n) is 2.39. The number of rotatable bonds is 4. The Morgan fingerprint density at radius 2 is 1.86 bits per heavy atom. The van der Waals surface area contributed by atoms with Crippen LogP contribution in [-0.4, -0.2) is 37.0 Å². The Hall–Kier alpha value is -1.76. The van der Waals surface area contributed by atoms with E-state index < -0.39 is 6.04 Å². The molecule has 0 aromatic heterocycles. The predicted molar refractivity (Wildman–Crippen MR) is 84.0 cm³/mol. The molecular weight excluding hydrogens is 338 g/mol. The summed E-state index contributed by atoms with van der Waals surface area (Å²) in [6, 6.07) is 2.85. The van der Waals surface area contributed by atoms with Crippen LogP contribution in [0.5, 0.6) is 11.5 Å². The van der Waals surface area contributed by atoms with Crippen LogP contribution >= 0.6 is 15.9 Å². The van der Waals surface area contributed by atoms with Gasteiger partial charge in [0.2, 0.25) is 0 Å². The third kappa shape index (κ3) is 2.70. The van der Waals surface area contributed by atoms with Crippen molar-refractivity contribution in [2.45, 2.75) is 25.9 Å². The number of benzene rings is 1. The van der Waals surface area contributed by atoms with Crippen LogP contribution in [0.3, 0.4) is 0 Å². The second-order valence-corrected chi connectivity index (χ2v) is 5.81. The highest BCUT2D eigenvalue weighted by molar-refractivity contribution is 9.10. The molecule has 2 N–H and O–H groups in total. The standard InChI is InChI=1S/C14H18BrN3O3/c1-7(2)18-12(13(16)17-14(18)19)8-5-10(20-3)11(21-4)6-9(8)15/h5-7,12H,1-4H3,(H2,16,17,19). The molecule has 6 nitrogen and oxygen atoms in total. The van der Waals surface area contributed by atoms with Crippen molar-refractivity contribution in [3.8, 4) is 11.5 Å². The molecule has 0 fully saturated rings. The van der Waals surface area contributed by atoms with Crippen LogP contribution in [0.1, 0.15) is 25.5 Å². The maximum atomic E-state index is 12.0. The van der Waals surface area contributed by atoms with Crippen LogP contribution in [0.15, 0.2) is 21.6 Å². The van der Waals surface area contributed by atoms with Gasteiger partial charge in [0.1, 0.15) is 11.9 Å². The van der Waals surface area contributed by atoms with E-state index in [1.807, 2.05) is 19.9 Å². The molecule has 2 amide bonds. The van der Waals surface area contributed by atoms with Gasteiger partial charge in [0.05, 0.1) is 14.2 Å². The quantitative estimate of drug-likeness (QED) is 0.900. The summed E-state index contributed by atoms with van der Waals surface area (Å²) in [5.41, 5.74) is 6.77. The number of hydrogen-bond acceptors (Lipinski definition) is 4. The Balaban J connectivity index is 2.54. The lowest BCUT2D eigenvalue weighted by Crippen LogP contribution is -2.38. The monoisotopic (exact) mass is 355 g/mol. The van der Waals surface area contributed by atoms with Crippen LogP contribution in [0, 0.1) is 0 Å². The van der Waals surface area contributed by atoms with Gasteiger partial charge in [-0.3, -0.25) is 0 Å². The number of aliphatic imine (C=N–C) groups is 1. The SMILES string of the molecule is COc1cc(Br)c(C2C(N)=NC(=O)N2C(C)C)cc1OC. The minimum absolute atomic E-state index is 0.0210. The number of amidine groups is 1. The van der Waals surface area contributed by atoms with Crippen molar-refractivity contribution in [2.24, 2.45) is 10.7 Å². The molecule has 2 rings (SSSR count). The van der Waals surface area contributed by atoms with E-state index in [9.17, 15) is 4.79 Å². The summed E-state index contributed by atoms with van der Waals surface area (Å²) in [4.78, 5) is 17.5. The number of methoxy groups -OCH3 is 2. The summed E-state index contributed by atoms with van der Waals surface area (Å²) in [5, 5.41) is 0. The Morgan fingerprint density at radius 3 is 2.38 bits per heavy atom. The fraction of sp³-hybridized carbons (Fsp3) is 0.429. The number of hydrogen-bond donors (Lipinski definition) is 1. The number of amides is 2. The molecule has 1 aromatic carbocycles. The minimum Gasteiger partial charge on any atom is -0.493 e. The van der Waals surface area contributed by atoms with Crippen LogP contribution < -0.4 is 15.2 Å². The first kappa shape index (κ1) is 15.6. The van der Waals surface area contributed by atoms with Gasteiger partial charge >= 0.3 is 6.03 Å². The zero-order valence-electron chi connectivity index (χ0n) is 12.4. The van der Waals surface area contributed by atoms with E-state index in [1.54, 1.807) is 25.2 Å². The molecule has 114 valence electrons. The van der Waals surface area contributed by atoms with Crippen molar-refractivity contribution in [1.29, 1.82) is 0 Å². The number of nitrogens with zero attached hydrogens (tertiary/aromatic N) is 2. The van der Waals surface area contributed by atoms with E-state index in [-0.39, 0.29) is 17.9 Å². The molecule has 1 aromatic rings. The highest BCUT2D eigenvalue weighted by Crippen LogP contribution is 2.40. The summed E-state index contributed by atoms with van der Waals surface area (Å²) in [5.74, 6) is 1.46. The molecule has 0 aliphatic carbocycles. The molecule has 1 unspecified atom stereocenters. The molecule has 0 radical (unpaired) electrons. The molecule has 0 spiro atoms. The average molecular weight is 356 g/mol. The van der Waals surface area contributed by atoms with Crippen molar-refractivity contribution in [3.63, 3.8) is 0 Å². The molecule has 1 atom stereocenters. The Labute approximate surface area is 132 Å². The highest BCUT2D eigenvalue weighted by Gasteiger charge is 2.37. The molecule has 0 saturated heterocycles. The normalized spacial score (nSPS) is 18.2. The lowest BCUT2D eigenvalue weighted by Gasteiger charge is -2.29. The fourth-order valence-corrected chi connectivity index (χ4v) is 2.93. The van der Waals surface area contributed by atoms with Gasteiger partial charge in [-0.25, -0.2) is 4.79 Å². The number of ether oxygens (including phenoxy) is 2. The van der Waals surface area contributed by atoms with Gasteiger partial charge in [0.15, 0.2) is 11.5 Å². The molecule has 0 saturated carbocycles. The zero-order valence-corrected chi connectivity index (χ0v) is 14.0. The molecule has 7 heteroatoms. The number of halogens is 1. The number of carbonyl (C=O) groups excluding carboxylic acids is 1. The maximum Gasteiger partial charge on any atom is 0.346 e. The molecule has 0 bridgehead atoms. The van der Waals surface area contributed by atoms with Crippen molar-refractivity contribution >= 4 is 27.8 Å². The first-order valence-corrected chi connectivity index (χ1v) is 7.27. The van der Waals surface area contributed by atoms with Crippen LogP contribution in [0.25, 0.3) is 0 Å². The van der Waals surface area contributed by atoms with Crippen molar-refractivity contribution < 1.29 is 14.3 Å². The van der Waals surface area contributed by atoms with E-state index in [2.05, 4.69) is 20.9 Å². The van der Waals surface area contributed by atoms with Crippen molar-refractivity contribution in [2.75, 3.05) is 14.2 Å². The molecule has 1 aliphatic heterocycles.